The van der Waals surface area contributed by atoms with Crippen LogP contribution in [0.1, 0.15) is 24.2 Å². The number of aromatic nitrogens is 1. The number of carbonyl (C=O) groups excluding carboxylic acids is 1. The number of para-hydroxylation sites is 1. The predicted molar refractivity (Wildman–Crippen MR) is 90.3 cm³/mol. The lowest BCUT2D eigenvalue weighted by molar-refractivity contribution is 0.0983. The lowest BCUT2D eigenvalue weighted by atomic mass is 10.1. The molecule has 5 nitrogen and oxygen atoms in total. The Balaban J connectivity index is 2.55. The zero-order valence-corrected chi connectivity index (χ0v) is 14.2. The van der Waals surface area contributed by atoms with E-state index in [2.05, 4.69) is 4.98 Å². The van der Waals surface area contributed by atoms with Crippen LogP contribution in [0.4, 0.5) is 5.69 Å². The van der Waals surface area contributed by atoms with Gasteiger partial charge < -0.3 is 4.90 Å². The van der Waals surface area contributed by atoms with Gasteiger partial charge >= 0.3 is 0 Å². The van der Waals surface area contributed by atoms with Crippen molar-refractivity contribution >= 4 is 21.4 Å². The van der Waals surface area contributed by atoms with Gasteiger partial charge in [-0.15, -0.1) is 0 Å². The van der Waals surface area contributed by atoms with Gasteiger partial charge in [0.1, 0.15) is 0 Å². The molecule has 0 unspecified atom stereocenters. The third-order valence-corrected chi connectivity index (χ3v) is 4.40. The van der Waals surface area contributed by atoms with E-state index in [0.29, 0.717) is 17.8 Å². The normalized spacial score (nSPS) is 11.5. The summed E-state index contributed by atoms with van der Waals surface area (Å²) in [6.45, 7) is 4.37. The van der Waals surface area contributed by atoms with Crippen molar-refractivity contribution in [3.8, 4) is 0 Å². The van der Waals surface area contributed by atoms with Crippen molar-refractivity contribution in [2.24, 2.45) is 5.92 Å². The van der Waals surface area contributed by atoms with Crippen LogP contribution < -0.4 is 4.90 Å². The Morgan fingerprint density at radius 2 is 1.87 bits per heavy atom. The highest BCUT2D eigenvalue weighted by Gasteiger charge is 2.24. The number of sulfone groups is 1. The molecule has 0 aliphatic rings. The number of amides is 1. The summed E-state index contributed by atoms with van der Waals surface area (Å²) < 4.78 is 24.1. The van der Waals surface area contributed by atoms with Crippen LogP contribution in [0.3, 0.4) is 0 Å². The first-order chi connectivity index (χ1) is 10.8. The first-order valence-corrected chi connectivity index (χ1v) is 9.21. The third kappa shape index (κ3) is 4.16. The summed E-state index contributed by atoms with van der Waals surface area (Å²) in [6.07, 6.45) is 4.22. The monoisotopic (exact) mass is 332 g/mol. The molecular formula is C17H20N2O3S. The average Bonchev–Trinajstić information content (AvgIpc) is 2.52. The molecule has 122 valence electrons. The fourth-order valence-corrected chi connectivity index (χ4v) is 3.18. The Hall–Kier alpha value is -2.21. The molecule has 6 heteroatoms. The molecule has 0 spiro atoms. The summed E-state index contributed by atoms with van der Waals surface area (Å²) in [5, 5.41) is 0. The number of pyridine rings is 1. The molecular weight excluding hydrogens is 312 g/mol. The summed E-state index contributed by atoms with van der Waals surface area (Å²) in [4.78, 5) is 18.5. The van der Waals surface area contributed by atoms with Crippen molar-refractivity contribution in [3.63, 3.8) is 0 Å². The molecule has 23 heavy (non-hydrogen) atoms. The molecule has 0 N–H and O–H groups in total. The smallest absolute Gasteiger partial charge is 0.259 e. The number of hydrogen-bond donors (Lipinski definition) is 0. The molecule has 2 aromatic rings. The third-order valence-electron chi connectivity index (χ3n) is 3.26. The predicted octanol–water partition coefficient (Wildman–Crippen LogP) is 2.79. The highest BCUT2D eigenvalue weighted by Crippen LogP contribution is 2.27. The lowest BCUT2D eigenvalue weighted by Crippen LogP contribution is -2.35. The van der Waals surface area contributed by atoms with Crippen LogP contribution in [0.25, 0.3) is 0 Å². The van der Waals surface area contributed by atoms with E-state index in [1.807, 2.05) is 13.8 Å². The minimum Gasteiger partial charge on any atom is -0.307 e. The van der Waals surface area contributed by atoms with Gasteiger partial charge in [0.15, 0.2) is 9.84 Å². The van der Waals surface area contributed by atoms with Crippen LogP contribution in [0.2, 0.25) is 0 Å². The zero-order valence-electron chi connectivity index (χ0n) is 13.4. The number of hydrogen-bond acceptors (Lipinski definition) is 4. The van der Waals surface area contributed by atoms with Gasteiger partial charge in [-0.3, -0.25) is 9.78 Å². The number of carbonyl (C=O) groups is 1. The quantitative estimate of drug-likeness (QED) is 0.844. The molecule has 0 fully saturated rings. The Kier molecular flexibility index (Phi) is 5.15. The minimum absolute atomic E-state index is 0.151. The maximum atomic E-state index is 12.9. The number of rotatable bonds is 5. The average molecular weight is 332 g/mol. The van der Waals surface area contributed by atoms with Gasteiger partial charge in [-0.1, -0.05) is 26.0 Å². The highest BCUT2D eigenvalue weighted by atomic mass is 32.2. The standard InChI is InChI=1S/C17H20N2O3S/c1-13(2)12-19(17(20)14-7-6-10-18-11-14)15-8-4-5-9-16(15)23(3,21)22/h4-11,13H,12H2,1-3H3. The number of benzene rings is 1. The van der Waals surface area contributed by atoms with Gasteiger partial charge in [0, 0.05) is 25.2 Å². The lowest BCUT2D eigenvalue weighted by Gasteiger charge is -2.26. The molecule has 1 aromatic carbocycles. The van der Waals surface area contributed by atoms with E-state index in [0.717, 1.165) is 6.26 Å². The molecule has 1 amide bonds. The Bertz CT molecular complexity index is 786. The number of nitrogens with zero attached hydrogens (tertiary/aromatic N) is 2. The molecule has 1 aromatic heterocycles. The first kappa shape index (κ1) is 17.1. The van der Waals surface area contributed by atoms with Crippen molar-refractivity contribution < 1.29 is 13.2 Å². The van der Waals surface area contributed by atoms with Crippen molar-refractivity contribution in [1.82, 2.24) is 4.98 Å². The second-order valence-corrected chi connectivity index (χ2v) is 7.78. The van der Waals surface area contributed by atoms with Crippen molar-refractivity contribution in [2.75, 3.05) is 17.7 Å². The van der Waals surface area contributed by atoms with E-state index < -0.39 is 9.84 Å². The largest absolute Gasteiger partial charge is 0.307 e. The fraction of sp³-hybridized carbons (Fsp3) is 0.294. The van der Waals surface area contributed by atoms with E-state index in [-0.39, 0.29) is 16.7 Å². The summed E-state index contributed by atoms with van der Waals surface area (Å²) >= 11 is 0. The Morgan fingerprint density at radius 1 is 1.17 bits per heavy atom. The maximum Gasteiger partial charge on any atom is 0.259 e. The molecule has 0 saturated heterocycles. The molecule has 0 saturated carbocycles. The van der Waals surface area contributed by atoms with Crippen LogP contribution in [0.5, 0.6) is 0 Å². The molecule has 0 aliphatic heterocycles. The van der Waals surface area contributed by atoms with Gasteiger partial charge in [-0.2, -0.15) is 0 Å². The van der Waals surface area contributed by atoms with Gasteiger partial charge in [0.2, 0.25) is 0 Å². The molecule has 0 atom stereocenters. The topological polar surface area (TPSA) is 67.3 Å². The second kappa shape index (κ2) is 6.91. The van der Waals surface area contributed by atoms with E-state index in [1.165, 1.54) is 17.2 Å². The summed E-state index contributed by atoms with van der Waals surface area (Å²) in [7, 11) is -3.44. The van der Waals surface area contributed by atoms with Gasteiger partial charge in [-0.25, -0.2) is 8.42 Å². The van der Waals surface area contributed by atoms with Crippen LogP contribution in [-0.2, 0) is 9.84 Å². The fourth-order valence-electron chi connectivity index (χ4n) is 2.29. The summed E-state index contributed by atoms with van der Waals surface area (Å²) in [5.41, 5.74) is 0.828. The van der Waals surface area contributed by atoms with Gasteiger partial charge in [0.25, 0.3) is 5.91 Å². The van der Waals surface area contributed by atoms with Crippen molar-refractivity contribution in [1.29, 1.82) is 0 Å². The Labute approximate surface area is 136 Å². The molecule has 2 rings (SSSR count). The van der Waals surface area contributed by atoms with Gasteiger partial charge in [-0.05, 0) is 30.2 Å². The Morgan fingerprint density at radius 3 is 2.43 bits per heavy atom. The maximum absolute atomic E-state index is 12.9. The zero-order chi connectivity index (χ0) is 17.0. The number of anilines is 1. The van der Waals surface area contributed by atoms with Crippen LogP contribution in [-0.4, -0.2) is 32.1 Å². The molecule has 0 aliphatic carbocycles. The van der Waals surface area contributed by atoms with Crippen LogP contribution in [0, 0.1) is 5.92 Å². The van der Waals surface area contributed by atoms with Crippen molar-refractivity contribution in [3.05, 3.63) is 54.4 Å². The molecule has 0 bridgehead atoms. The summed E-state index contributed by atoms with van der Waals surface area (Å²) in [6, 6.07) is 9.92. The van der Waals surface area contributed by atoms with E-state index >= 15 is 0 Å². The van der Waals surface area contributed by atoms with E-state index in [1.54, 1.807) is 36.5 Å². The van der Waals surface area contributed by atoms with E-state index in [9.17, 15) is 13.2 Å². The summed E-state index contributed by atoms with van der Waals surface area (Å²) in [5.74, 6) is -0.0777. The molecule has 1 heterocycles. The van der Waals surface area contributed by atoms with Gasteiger partial charge in [0.05, 0.1) is 16.1 Å². The highest BCUT2D eigenvalue weighted by molar-refractivity contribution is 7.90. The first-order valence-electron chi connectivity index (χ1n) is 7.31. The SMILES string of the molecule is CC(C)CN(C(=O)c1cccnc1)c1ccccc1S(C)(=O)=O. The molecule has 0 radical (unpaired) electrons. The van der Waals surface area contributed by atoms with Crippen LogP contribution in [0.15, 0.2) is 53.7 Å². The van der Waals surface area contributed by atoms with Crippen molar-refractivity contribution in [2.45, 2.75) is 18.7 Å². The van der Waals surface area contributed by atoms with Crippen LogP contribution >= 0.6 is 0 Å². The minimum atomic E-state index is -3.44. The second-order valence-electron chi connectivity index (χ2n) is 5.79. The van der Waals surface area contributed by atoms with E-state index in [4.69, 9.17) is 0 Å².